The van der Waals surface area contributed by atoms with Crippen molar-refractivity contribution in [2.24, 2.45) is 0 Å². The van der Waals surface area contributed by atoms with Gasteiger partial charge < -0.3 is 19.5 Å². The molecule has 0 radical (unpaired) electrons. The zero-order chi connectivity index (χ0) is 17.8. The van der Waals surface area contributed by atoms with Crippen LogP contribution in [-0.2, 0) is 4.79 Å². The summed E-state index contributed by atoms with van der Waals surface area (Å²) in [4.78, 5) is 12.0. The van der Waals surface area contributed by atoms with Gasteiger partial charge in [0.1, 0.15) is 18.5 Å². The number of para-hydroxylation sites is 2. The fourth-order valence-corrected chi connectivity index (χ4v) is 2.85. The molecule has 4 rings (SSSR count). The van der Waals surface area contributed by atoms with Crippen LogP contribution in [0.5, 0.6) is 17.2 Å². The van der Waals surface area contributed by atoms with E-state index in [1.807, 2.05) is 66.7 Å². The molecular formula is C21H19NO4. The molecule has 0 unspecified atom stereocenters. The number of hydrogen-bond acceptors (Lipinski definition) is 4. The summed E-state index contributed by atoms with van der Waals surface area (Å²) in [5.41, 5.74) is 0. The van der Waals surface area contributed by atoms with Gasteiger partial charge in [-0.25, -0.2) is 0 Å². The van der Waals surface area contributed by atoms with Crippen LogP contribution >= 0.6 is 0 Å². The van der Waals surface area contributed by atoms with E-state index in [2.05, 4.69) is 5.32 Å². The highest BCUT2D eigenvalue weighted by atomic mass is 16.6. The highest BCUT2D eigenvalue weighted by molar-refractivity contribution is 5.84. The molecule has 5 heteroatoms. The fourth-order valence-electron chi connectivity index (χ4n) is 2.85. The zero-order valence-corrected chi connectivity index (χ0v) is 14.2. The number of rotatable bonds is 5. The topological polar surface area (TPSA) is 56.8 Å². The molecule has 0 bridgehead atoms. The van der Waals surface area contributed by atoms with Crippen molar-refractivity contribution in [3.8, 4) is 17.2 Å². The number of nitrogens with one attached hydrogen (secondary N) is 1. The third-order valence-corrected chi connectivity index (χ3v) is 4.19. The lowest BCUT2D eigenvalue weighted by atomic mass is 10.1. The van der Waals surface area contributed by atoms with Gasteiger partial charge in [0.05, 0.1) is 6.54 Å². The van der Waals surface area contributed by atoms with Crippen LogP contribution in [0.2, 0.25) is 0 Å². The van der Waals surface area contributed by atoms with E-state index < -0.39 is 0 Å². The number of benzene rings is 3. The number of ether oxygens (including phenoxy) is 3. The van der Waals surface area contributed by atoms with E-state index in [1.165, 1.54) is 0 Å². The number of hydrogen-bond donors (Lipinski definition) is 1. The molecule has 0 aromatic heterocycles. The highest BCUT2D eigenvalue weighted by Gasteiger charge is 2.21. The van der Waals surface area contributed by atoms with E-state index in [1.54, 1.807) is 0 Å². The van der Waals surface area contributed by atoms with Crippen LogP contribution < -0.4 is 19.5 Å². The molecule has 0 spiro atoms. The molecule has 1 atom stereocenters. The van der Waals surface area contributed by atoms with Gasteiger partial charge in [-0.15, -0.1) is 0 Å². The first-order valence-electron chi connectivity index (χ1n) is 8.55. The van der Waals surface area contributed by atoms with Crippen LogP contribution in [-0.4, -0.2) is 31.8 Å². The molecule has 1 heterocycles. The Morgan fingerprint density at radius 2 is 1.77 bits per heavy atom. The van der Waals surface area contributed by atoms with Crippen LogP contribution in [0, 0.1) is 0 Å². The quantitative estimate of drug-likeness (QED) is 0.769. The molecule has 0 fully saturated rings. The Hall–Kier alpha value is -3.21. The predicted molar refractivity (Wildman–Crippen MR) is 98.8 cm³/mol. The molecule has 1 aliphatic rings. The largest absolute Gasteiger partial charge is 0.486 e. The second-order valence-corrected chi connectivity index (χ2v) is 6.10. The van der Waals surface area contributed by atoms with E-state index in [0.29, 0.717) is 24.7 Å². The average molecular weight is 349 g/mol. The smallest absolute Gasteiger partial charge is 0.258 e. The van der Waals surface area contributed by atoms with Crippen LogP contribution in [0.1, 0.15) is 0 Å². The number of fused-ring (bicyclic) bond motifs is 2. The van der Waals surface area contributed by atoms with Crippen molar-refractivity contribution in [1.82, 2.24) is 5.32 Å². The van der Waals surface area contributed by atoms with Gasteiger partial charge in [0.2, 0.25) is 0 Å². The van der Waals surface area contributed by atoms with Crippen LogP contribution in [0.15, 0.2) is 66.7 Å². The Morgan fingerprint density at radius 3 is 2.65 bits per heavy atom. The molecule has 0 saturated heterocycles. The average Bonchev–Trinajstić information content (AvgIpc) is 2.70. The standard InChI is InChI=1S/C21H19NO4/c23-21(14-24-17-10-9-15-5-1-2-6-16(15)11-17)22-12-18-13-25-19-7-3-4-8-20(19)26-18/h1-11,18H,12-14H2,(H,22,23)/t18-/m0/s1. The van der Waals surface area contributed by atoms with E-state index in [9.17, 15) is 4.79 Å². The van der Waals surface area contributed by atoms with Gasteiger partial charge in [-0.1, -0.05) is 42.5 Å². The van der Waals surface area contributed by atoms with Crippen LogP contribution in [0.3, 0.4) is 0 Å². The van der Waals surface area contributed by atoms with Crippen molar-refractivity contribution in [2.45, 2.75) is 6.10 Å². The Kier molecular flexibility index (Phi) is 4.60. The van der Waals surface area contributed by atoms with E-state index in [0.717, 1.165) is 16.5 Å². The Bertz CT molecular complexity index is 925. The van der Waals surface area contributed by atoms with Crippen molar-refractivity contribution in [3.63, 3.8) is 0 Å². The molecule has 5 nitrogen and oxygen atoms in total. The maximum absolute atomic E-state index is 12.0. The van der Waals surface area contributed by atoms with Gasteiger partial charge in [-0.05, 0) is 35.0 Å². The normalized spacial score (nSPS) is 15.5. The predicted octanol–water partition coefficient (Wildman–Crippen LogP) is 3.17. The van der Waals surface area contributed by atoms with Crippen LogP contribution in [0.4, 0.5) is 0 Å². The molecular weight excluding hydrogens is 330 g/mol. The fraction of sp³-hybridized carbons (Fsp3) is 0.190. The maximum atomic E-state index is 12.0. The molecule has 132 valence electrons. The summed E-state index contributed by atoms with van der Waals surface area (Å²) in [6.07, 6.45) is -0.213. The van der Waals surface area contributed by atoms with Gasteiger partial charge in [-0.2, -0.15) is 0 Å². The second-order valence-electron chi connectivity index (χ2n) is 6.10. The molecule has 1 aliphatic heterocycles. The van der Waals surface area contributed by atoms with E-state index >= 15 is 0 Å². The second kappa shape index (κ2) is 7.35. The summed E-state index contributed by atoms with van der Waals surface area (Å²) in [6, 6.07) is 21.3. The van der Waals surface area contributed by atoms with Gasteiger partial charge in [0.15, 0.2) is 18.1 Å². The summed E-state index contributed by atoms with van der Waals surface area (Å²) >= 11 is 0. The lowest BCUT2D eigenvalue weighted by Gasteiger charge is -2.26. The minimum atomic E-state index is -0.213. The SMILES string of the molecule is O=C(COc1ccc2ccccc2c1)NC[C@H]1COc2ccccc2O1. The molecule has 1 amide bonds. The zero-order valence-electron chi connectivity index (χ0n) is 14.2. The minimum absolute atomic E-state index is 0.0392. The molecule has 26 heavy (non-hydrogen) atoms. The molecule has 3 aromatic rings. The van der Waals surface area contributed by atoms with E-state index in [-0.39, 0.29) is 18.6 Å². The van der Waals surface area contributed by atoms with Crippen molar-refractivity contribution in [2.75, 3.05) is 19.8 Å². The Labute approximate surface area is 151 Å². The summed E-state index contributed by atoms with van der Waals surface area (Å²) in [5, 5.41) is 5.04. The minimum Gasteiger partial charge on any atom is -0.486 e. The first kappa shape index (κ1) is 16.3. The number of amides is 1. The van der Waals surface area contributed by atoms with Crippen molar-refractivity contribution < 1.29 is 19.0 Å². The van der Waals surface area contributed by atoms with Crippen LogP contribution in [0.25, 0.3) is 10.8 Å². The number of carbonyl (C=O) groups is 1. The monoisotopic (exact) mass is 349 g/mol. The maximum Gasteiger partial charge on any atom is 0.258 e. The first-order valence-corrected chi connectivity index (χ1v) is 8.55. The molecule has 1 N–H and O–H groups in total. The Balaban J connectivity index is 1.26. The summed E-state index contributed by atoms with van der Waals surface area (Å²) in [6.45, 7) is 0.736. The summed E-state index contributed by atoms with van der Waals surface area (Å²) in [5.74, 6) is 1.91. The van der Waals surface area contributed by atoms with Crippen molar-refractivity contribution in [1.29, 1.82) is 0 Å². The Morgan fingerprint density at radius 1 is 1.00 bits per heavy atom. The highest BCUT2D eigenvalue weighted by Crippen LogP contribution is 2.30. The van der Waals surface area contributed by atoms with Gasteiger partial charge in [0, 0.05) is 0 Å². The van der Waals surface area contributed by atoms with Crippen molar-refractivity contribution in [3.05, 3.63) is 66.7 Å². The van der Waals surface area contributed by atoms with Gasteiger partial charge >= 0.3 is 0 Å². The summed E-state index contributed by atoms with van der Waals surface area (Å²) in [7, 11) is 0. The van der Waals surface area contributed by atoms with Gasteiger partial charge in [0.25, 0.3) is 5.91 Å². The van der Waals surface area contributed by atoms with Gasteiger partial charge in [-0.3, -0.25) is 4.79 Å². The lowest BCUT2D eigenvalue weighted by Crippen LogP contribution is -2.42. The molecule has 0 aliphatic carbocycles. The third kappa shape index (κ3) is 3.72. The lowest BCUT2D eigenvalue weighted by molar-refractivity contribution is -0.123. The number of carbonyl (C=O) groups excluding carboxylic acids is 1. The van der Waals surface area contributed by atoms with Crippen molar-refractivity contribution >= 4 is 16.7 Å². The molecule has 0 saturated carbocycles. The first-order chi connectivity index (χ1) is 12.8. The third-order valence-electron chi connectivity index (χ3n) is 4.19. The summed E-state index contributed by atoms with van der Waals surface area (Å²) < 4.78 is 17.0. The van der Waals surface area contributed by atoms with E-state index in [4.69, 9.17) is 14.2 Å². The molecule has 3 aromatic carbocycles.